The minimum absolute atomic E-state index is 0.119. The number of thiophene rings is 1. The predicted molar refractivity (Wildman–Crippen MR) is 77.6 cm³/mol. The van der Waals surface area contributed by atoms with Gasteiger partial charge in [0.05, 0.1) is 11.0 Å². The Kier molecular flexibility index (Phi) is 4.06. The van der Waals surface area contributed by atoms with Crippen LogP contribution in [0.1, 0.15) is 29.0 Å². The quantitative estimate of drug-likeness (QED) is 0.680. The van der Waals surface area contributed by atoms with Gasteiger partial charge in [-0.15, -0.1) is 0 Å². The molecule has 1 N–H and O–H groups in total. The molecule has 20 heavy (non-hydrogen) atoms. The second-order valence-corrected chi connectivity index (χ2v) is 5.60. The smallest absolute Gasteiger partial charge is 0.323 e. The van der Waals surface area contributed by atoms with Crippen molar-refractivity contribution in [2.45, 2.75) is 26.9 Å². The lowest BCUT2D eigenvalue weighted by molar-refractivity contribution is -0.385. The number of ether oxygens (including phenoxy) is 1. The predicted octanol–water partition coefficient (Wildman–Crippen LogP) is 4.12. The molecule has 0 radical (unpaired) electrons. The van der Waals surface area contributed by atoms with Gasteiger partial charge in [-0.2, -0.15) is 0 Å². The van der Waals surface area contributed by atoms with E-state index in [1.54, 1.807) is 13.0 Å². The minimum atomic E-state index is -0.755. The van der Waals surface area contributed by atoms with Gasteiger partial charge in [-0.05, 0) is 38.0 Å². The normalized spacial score (nSPS) is 12.2. The van der Waals surface area contributed by atoms with Gasteiger partial charge in [0, 0.05) is 10.9 Å². The highest BCUT2D eigenvalue weighted by Crippen LogP contribution is 2.42. The van der Waals surface area contributed by atoms with Crippen LogP contribution in [0.3, 0.4) is 0 Å². The van der Waals surface area contributed by atoms with E-state index < -0.39 is 11.0 Å². The summed E-state index contributed by atoms with van der Waals surface area (Å²) in [5, 5.41) is 20.8. The molecular formula is C14H15NO4S. The zero-order valence-electron chi connectivity index (χ0n) is 11.4. The maximum absolute atomic E-state index is 11.1. The highest BCUT2D eigenvalue weighted by Gasteiger charge is 2.23. The number of hydrogen-bond acceptors (Lipinski definition) is 5. The fourth-order valence-corrected chi connectivity index (χ4v) is 2.65. The zero-order valence-corrected chi connectivity index (χ0v) is 12.2. The van der Waals surface area contributed by atoms with Crippen LogP contribution < -0.4 is 4.74 Å². The Morgan fingerprint density at radius 2 is 2.10 bits per heavy atom. The number of hydrogen-bond donors (Lipinski definition) is 1. The van der Waals surface area contributed by atoms with E-state index in [1.807, 2.05) is 26.0 Å². The molecule has 5 nitrogen and oxygen atoms in total. The Morgan fingerprint density at radius 3 is 2.70 bits per heavy atom. The average Bonchev–Trinajstić information content (AvgIpc) is 2.79. The van der Waals surface area contributed by atoms with E-state index in [4.69, 9.17) is 4.74 Å². The van der Waals surface area contributed by atoms with Gasteiger partial charge < -0.3 is 9.84 Å². The van der Waals surface area contributed by atoms with Crippen LogP contribution in [0.25, 0.3) is 0 Å². The minimum Gasteiger partial charge on any atom is -0.440 e. The Balaban J connectivity index is 2.42. The van der Waals surface area contributed by atoms with Crippen molar-refractivity contribution in [2.75, 3.05) is 0 Å². The SMILES string of the molecule is Cc1cccc(Oc2sc(C(C)O)cc2[N+](=O)[O-])c1C. The lowest BCUT2D eigenvalue weighted by atomic mass is 10.1. The maximum Gasteiger partial charge on any atom is 0.323 e. The number of nitro groups is 1. The van der Waals surface area contributed by atoms with Crippen molar-refractivity contribution in [1.82, 2.24) is 0 Å². The maximum atomic E-state index is 11.1. The highest BCUT2D eigenvalue weighted by atomic mass is 32.1. The zero-order chi connectivity index (χ0) is 14.9. The van der Waals surface area contributed by atoms with Gasteiger partial charge in [0.25, 0.3) is 5.06 Å². The number of aryl methyl sites for hydroxylation is 1. The van der Waals surface area contributed by atoms with Crippen molar-refractivity contribution in [1.29, 1.82) is 0 Å². The van der Waals surface area contributed by atoms with Gasteiger partial charge in [-0.25, -0.2) is 0 Å². The van der Waals surface area contributed by atoms with Crippen LogP contribution in [-0.4, -0.2) is 10.0 Å². The van der Waals surface area contributed by atoms with E-state index in [-0.39, 0.29) is 10.8 Å². The first kappa shape index (κ1) is 14.5. The molecule has 0 fully saturated rings. The molecule has 0 saturated carbocycles. The molecule has 0 bridgehead atoms. The number of benzene rings is 1. The second kappa shape index (κ2) is 5.60. The molecule has 0 aliphatic carbocycles. The highest BCUT2D eigenvalue weighted by molar-refractivity contribution is 7.14. The van der Waals surface area contributed by atoms with Crippen LogP contribution in [0.2, 0.25) is 0 Å². The van der Waals surface area contributed by atoms with Gasteiger partial charge in [0.15, 0.2) is 0 Å². The Hall–Kier alpha value is -1.92. The molecular weight excluding hydrogens is 278 g/mol. The van der Waals surface area contributed by atoms with E-state index in [9.17, 15) is 15.2 Å². The summed E-state index contributed by atoms with van der Waals surface area (Å²) in [4.78, 5) is 11.1. The van der Waals surface area contributed by atoms with Gasteiger partial charge in [0.1, 0.15) is 5.75 Å². The van der Waals surface area contributed by atoms with Crippen molar-refractivity contribution in [2.24, 2.45) is 0 Å². The average molecular weight is 293 g/mol. The van der Waals surface area contributed by atoms with Crippen molar-refractivity contribution in [3.8, 4) is 10.8 Å². The van der Waals surface area contributed by atoms with E-state index in [0.29, 0.717) is 10.6 Å². The molecule has 0 aliphatic rings. The molecule has 2 rings (SSSR count). The van der Waals surface area contributed by atoms with Crippen LogP contribution in [0.15, 0.2) is 24.3 Å². The first-order valence-electron chi connectivity index (χ1n) is 6.10. The van der Waals surface area contributed by atoms with E-state index in [2.05, 4.69) is 0 Å². The topological polar surface area (TPSA) is 72.6 Å². The summed E-state index contributed by atoms with van der Waals surface area (Å²) in [6, 6.07) is 6.92. The van der Waals surface area contributed by atoms with Gasteiger partial charge >= 0.3 is 5.69 Å². The molecule has 0 aliphatic heterocycles. The molecule has 1 heterocycles. The van der Waals surface area contributed by atoms with Crippen molar-refractivity contribution in [3.05, 3.63) is 50.4 Å². The lowest BCUT2D eigenvalue weighted by Crippen LogP contribution is -1.92. The molecule has 1 atom stereocenters. The van der Waals surface area contributed by atoms with Crippen molar-refractivity contribution in [3.63, 3.8) is 0 Å². The Labute approximate surface area is 120 Å². The molecule has 2 aromatic rings. The molecule has 1 aromatic carbocycles. The van der Waals surface area contributed by atoms with Crippen LogP contribution >= 0.6 is 11.3 Å². The largest absolute Gasteiger partial charge is 0.440 e. The van der Waals surface area contributed by atoms with Gasteiger partial charge in [-0.1, -0.05) is 23.5 Å². The molecule has 6 heteroatoms. The third-order valence-corrected chi connectivity index (χ3v) is 4.24. The Bertz CT molecular complexity index is 649. The molecule has 0 amide bonds. The summed E-state index contributed by atoms with van der Waals surface area (Å²) in [5.41, 5.74) is 1.87. The molecule has 106 valence electrons. The molecule has 0 saturated heterocycles. The van der Waals surface area contributed by atoms with Gasteiger partial charge in [0.2, 0.25) is 0 Å². The lowest BCUT2D eigenvalue weighted by Gasteiger charge is -2.08. The third kappa shape index (κ3) is 2.81. The summed E-state index contributed by atoms with van der Waals surface area (Å²) in [6.45, 7) is 5.42. The fraction of sp³-hybridized carbons (Fsp3) is 0.286. The fourth-order valence-electron chi connectivity index (χ4n) is 1.72. The second-order valence-electron chi connectivity index (χ2n) is 4.55. The van der Waals surface area contributed by atoms with E-state index >= 15 is 0 Å². The van der Waals surface area contributed by atoms with E-state index in [1.165, 1.54) is 6.07 Å². The Morgan fingerprint density at radius 1 is 1.40 bits per heavy atom. The van der Waals surface area contributed by atoms with Gasteiger partial charge in [-0.3, -0.25) is 10.1 Å². The summed E-state index contributed by atoms with van der Waals surface area (Å²) >= 11 is 1.09. The van der Waals surface area contributed by atoms with Crippen LogP contribution in [0.5, 0.6) is 10.8 Å². The number of rotatable bonds is 4. The number of nitrogens with zero attached hydrogens (tertiary/aromatic N) is 1. The molecule has 0 spiro atoms. The van der Waals surface area contributed by atoms with Crippen LogP contribution in [-0.2, 0) is 0 Å². The summed E-state index contributed by atoms with van der Waals surface area (Å²) in [5.74, 6) is 0.590. The van der Waals surface area contributed by atoms with E-state index in [0.717, 1.165) is 22.5 Å². The molecule has 1 unspecified atom stereocenters. The van der Waals surface area contributed by atoms with Crippen molar-refractivity contribution >= 4 is 17.0 Å². The third-order valence-electron chi connectivity index (χ3n) is 3.06. The molecule has 1 aromatic heterocycles. The van der Waals surface area contributed by atoms with Crippen LogP contribution in [0, 0.1) is 24.0 Å². The first-order chi connectivity index (χ1) is 9.40. The number of aliphatic hydroxyl groups excluding tert-OH is 1. The summed E-state index contributed by atoms with van der Waals surface area (Å²) in [6.07, 6.45) is -0.755. The van der Waals surface area contributed by atoms with Crippen LogP contribution in [0.4, 0.5) is 5.69 Å². The standard InChI is InChI=1S/C14H15NO4S/c1-8-5-4-6-12(9(8)2)19-14-11(15(17)18)7-13(20-14)10(3)16/h4-7,10,16H,1-3H3. The number of aliphatic hydroxyl groups is 1. The summed E-state index contributed by atoms with van der Waals surface area (Å²) < 4.78 is 5.68. The summed E-state index contributed by atoms with van der Waals surface area (Å²) in [7, 11) is 0. The first-order valence-corrected chi connectivity index (χ1v) is 6.92. The van der Waals surface area contributed by atoms with Crippen molar-refractivity contribution < 1.29 is 14.8 Å². The monoisotopic (exact) mass is 293 g/mol.